The van der Waals surface area contributed by atoms with Gasteiger partial charge in [0.05, 0.1) is 24.6 Å². The molecule has 0 bridgehead atoms. The van der Waals surface area contributed by atoms with Crippen LogP contribution in [0.15, 0.2) is 83.0 Å². The quantitative estimate of drug-likeness (QED) is 0.382. The number of nitroso groups, excluding NO2 is 1. The molecule has 0 amide bonds. The molecule has 0 spiro atoms. The van der Waals surface area contributed by atoms with E-state index in [1.807, 2.05) is 24.3 Å². The Morgan fingerprint density at radius 3 is 2.38 bits per heavy atom. The normalized spacial score (nSPS) is 11.3. The Labute approximate surface area is 185 Å². The first-order valence-electron chi connectivity index (χ1n) is 9.72. The molecule has 1 aromatic heterocycles. The molecule has 4 aromatic rings. The van der Waals surface area contributed by atoms with E-state index in [1.165, 1.54) is 31.5 Å². The molecule has 1 N–H and O–H groups in total. The topological polar surface area (TPSA) is 99.0 Å². The average molecular weight is 452 g/mol. The second kappa shape index (κ2) is 8.72. The van der Waals surface area contributed by atoms with E-state index in [1.54, 1.807) is 31.4 Å². The van der Waals surface area contributed by atoms with Crippen LogP contribution in [0.25, 0.3) is 10.9 Å². The van der Waals surface area contributed by atoms with Gasteiger partial charge in [0.1, 0.15) is 17.2 Å². The van der Waals surface area contributed by atoms with Crippen molar-refractivity contribution in [2.45, 2.75) is 11.4 Å². The monoisotopic (exact) mass is 451 g/mol. The standard InChI is InChI=1S/C23H21N3O5S/c1-30-17-6-8-19(9-7-17)32(28,29)26-13-12-20-21(10-11-22(25-27)23(20)26)24-15-16-4-3-5-18(14-16)31-2/h3-14,24H,15H2,1-2H3. The highest BCUT2D eigenvalue weighted by Gasteiger charge is 2.22. The van der Waals surface area contributed by atoms with Crippen LogP contribution in [0.4, 0.5) is 11.4 Å². The van der Waals surface area contributed by atoms with Gasteiger partial charge in [0.15, 0.2) is 0 Å². The summed E-state index contributed by atoms with van der Waals surface area (Å²) in [6, 6.07) is 18.5. The molecule has 164 valence electrons. The molecule has 0 atom stereocenters. The molecule has 8 nitrogen and oxygen atoms in total. The fraction of sp³-hybridized carbons (Fsp3) is 0.130. The maximum Gasteiger partial charge on any atom is 0.268 e. The maximum absolute atomic E-state index is 13.3. The second-order valence-corrected chi connectivity index (χ2v) is 8.80. The van der Waals surface area contributed by atoms with Crippen molar-refractivity contribution in [3.05, 3.63) is 83.4 Å². The Kier molecular flexibility index (Phi) is 5.83. The van der Waals surface area contributed by atoms with Crippen LogP contribution < -0.4 is 14.8 Å². The molecule has 0 saturated heterocycles. The highest BCUT2D eigenvalue weighted by atomic mass is 32.2. The van der Waals surface area contributed by atoms with Crippen LogP contribution in [-0.4, -0.2) is 26.6 Å². The summed E-state index contributed by atoms with van der Waals surface area (Å²) in [4.78, 5) is 11.5. The van der Waals surface area contributed by atoms with Gasteiger partial charge < -0.3 is 14.8 Å². The zero-order valence-corrected chi connectivity index (χ0v) is 18.3. The Morgan fingerprint density at radius 2 is 1.69 bits per heavy atom. The lowest BCUT2D eigenvalue weighted by Gasteiger charge is -2.12. The van der Waals surface area contributed by atoms with Gasteiger partial charge >= 0.3 is 0 Å². The van der Waals surface area contributed by atoms with Crippen molar-refractivity contribution in [2.75, 3.05) is 19.5 Å². The second-order valence-electron chi connectivity index (χ2n) is 6.98. The number of hydrogen-bond acceptors (Lipinski definition) is 7. The zero-order valence-electron chi connectivity index (χ0n) is 17.5. The lowest BCUT2D eigenvalue weighted by molar-refractivity contribution is 0.414. The van der Waals surface area contributed by atoms with Crippen molar-refractivity contribution in [3.8, 4) is 11.5 Å². The first kappa shape index (κ1) is 21.4. The Balaban J connectivity index is 1.74. The highest BCUT2D eigenvalue weighted by molar-refractivity contribution is 7.90. The van der Waals surface area contributed by atoms with E-state index in [4.69, 9.17) is 9.47 Å². The third-order valence-corrected chi connectivity index (χ3v) is 6.81. The van der Waals surface area contributed by atoms with Crippen LogP contribution in [0.2, 0.25) is 0 Å². The molecule has 0 unspecified atom stereocenters. The summed E-state index contributed by atoms with van der Waals surface area (Å²) < 4.78 is 38.0. The Hall–Kier alpha value is -3.85. The summed E-state index contributed by atoms with van der Waals surface area (Å²) in [7, 11) is -0.845. The summed E-state index contributed by atoms with van der Waals surface area (Å²) in [5.41, 5.74) is 1.92. The summed E-state index contributed by atoms with van der Waals surface area (Å²) in [6.07, 6.45) is 1.43. The minimum absolute atomic E-state index is 0.0361. The number of methoxy groups -OCH3 is 2. The van der Waals surface area contributed by atoms with E-state index < -0.39 is 10.0 Å². The van der Waals surface area contributed by atoms with Gasteiger partial charge in [-0.3, -0.25) is 0 Å². The van der Waals surface area contributed by atoms with E-state index in [-0.39, 0.29) is 16.1 Å². The Morgan fingerprint density at radius 1 is 0.938 bits per heavy atom. The van der Waals surface area contributed by atoms with E-state index in [2.05, 4.69) is 10.5 Å². The Bertz CT molecular complexity index is 1380. The number of hydrogen-bond donors (Lipinski definition) is 1. The summed E-state index contributed by atoms with van der Waals surface area (Å²) in [6.45, 7) is 0.483. The van der Waals surface area contributed by atoms with Gasteiger partial charge in [-0.2, -0.15) is 0 Å². The van der Waals surface area contributed by atoms with Crippen LogP contribution in [0.5, 0.6) is 11.5 Å². The van der Waals surface area contributed by atoms with Gasteiger partial charge in [-0.25, -0.2) is 12.4 Å². The SMILES string of the molecule is COc1ccc(S(=O)(=O)n2ccc3c(NCc4cccc(OC)c4)ccc(N=O)c32)cc1. The van der Waals surface area contributed by atoms with Crippen molar-refractivity contribution < 1.29 is 17.9 Å². The number of anilines is 1. The number of aromatic nitrogens is 1. The van der Waals surface area contributed by atoms with Gasteiger partial charge in [-0.1, -0.05) is 12.1 Å². The van der Waals surface area contributed by atoms with Crippen LogP contribution in [0.1, 0.15) is 5.56 Å². The summed E-state index contributed by atoms with van der Waals surface area (Å²) in [5.74, 6) is 1.28. The van der Waals surface area contributed by atoms with E-state index in [0.717, 1.165) is 15.3 Å². The molecule has 0 radical (unpaired) electrons. The minimum Gasteiger partial charge on any atom is -0.497 e. The van der Waals surface area contributed by atoms with Gasteiger partial charge in [-0.15, -0.1) is 4.91 Å². The molecule has 0 aliphatic rings. The van der Waals surface area contributed by atoms with Crippen molar-refractivity contribution in [1.82, 2.24) is 3.97 Å². The van der Waals surface area contributed by atoms with E-state index >= 15 is 0 Å². The molecular weight excluding hydrogens is 430 g/mol. The molecular formula is C23H21N3O5S. The van der Waals surface area contributed by atoms with Crippen molar-refractivity contribution in [1.29, 1.82) is 0 Å². The lowest BCUT2D eigenvalue weighted by Crippen LogP contribution is -2.12. The largest absolute Gasteiger partial charge is 0.497 e. The molecule has 0 aliphatic carbocycles. The van der Waals surface area contributed by atoms with Crippen LogP contribution in [0, 0.1) is 4.91 Å². The summed E-state index contributed by atoms with van der Waals surface area (Å²) >= 11 is 0. The van der Waals surface area contributed by atoms with Crippen LogP contribution in [0.3, 0.4) is 0 Å². The number of nitrogens with zero attached hydrogens (tertiary/aromatic N) is 2. The molecule has 4 rings (SSSR count). The lowest BCUT2D eigenvalue weighted by atomic mass is 10.1. The smallest absolute Gasteiger partial charge is 0.268 e. The molecule has 1 heterocycles. The minimum atomic E-state index is -3.95. The van der Waals surface area contributed by atoms with Gasteiger partial charge in [0.2, 0.25) is 0 Å². The van der Waals surface area contributed by atoms with Gasteiger partial charge in [-0.05, 0) is 65.3 Å². The maximum atomic E-state index is 13.3. The first-order chi connectivity index (χ1) is 15.5. The van der Waals surface area contributed by atoms with E-state index in [9.17, 15) is 13.3 Å². The predicted molar refractivity (Wildman–Crippen MR) is 123 cm³/mol. The van der Waals surface area contributed by atoms with Gasteiger partial charge in [0, 0.05) is 23.8 Å². The number of nitrogens with one attached hydrogen (secondary N) is 1. The van der Waals surface area contributed by atoms with Crippen molar-refractivity contribution in [3.63, 3.8) is 0 Å². The van der Waals surface area contributed by atoms with Crippen molar-refractivity contribution in [2.24, 2.45) is 5.18 Å². The number of rotatable bonds is 8. The predicted octanol–water partition coefficient (Wildman–Crippen LogP) is 4.91. The molecule has 0 aliphatic heterocycles. The average Bonchev–Trinajstić information content (AvgIpc) is 3.29. The van der Waals surface area contributed by atoms with Crippen LogP contribution in [-0.2, 0) is 16.6 Å². The van der Waals surface area contributed by atoms with Crippen LogP contribution >= 0.6 is 0 Å². The summed E-state index contributed by atoms with van der Waals surface area (Å²) in [5, 5.41) is 6.92. The molecule has 0 saturated carbocycles. The number of ether oxygens (including phenoxy) is 2. The molecule has 3 aromatic carbocycles. The molecule has 32 heavy (non-hydrogen) atoms. The number of fused-ring (bicyclic) bond motifs is 1. The zero-order chi connectivity index (χ0) is 22.7. The number of benzene rings is 3. The fourth-order valence-corrected chi connectivity index (χ4v) is 4.84. The van der Waals surface area contributed by atoms with Gasteiger partial charge in [0.25, 0.3) is 10.0 Å². The molecule has 0 fully saturated rings. The third-order valence-electron chi connectivity index (χ3n) is 5.12. The van der Waals surface area contributed by atoms with Crippen molar-refractivity contribution >= 4 is 32.3 Å². The fourth-order valence-electron chi connectivity index (χ4n) is 3.48. The first-order valence-corrected chi connectivity index (χ1v) is 11.2. The van der Waals surface area contributed by atoms with E-state index in [0.29, 0.717) is 23.4 Å². The molecule has 9 heteroatoms. The highest BCUT2D eigenvalue weighted by Crippen LogP contribution is 2.35. The third kappa shape index (κ3) is 3.90.